The summed E-state index contributed by atoms with van der Waals surface area (Å²) in [4.78, 5) is 4.95. The van der Waals surface area contributed by atoms with Crippen molar-refractivity contribution in [1.29, 1.82) is 0 Å². The molecule has 0 aromatic rings. The Morgan fingerprint density at radius 2 is 1.55 bits per heavy atom. The average molecular weight is 453 g/mol. The van der Waals surface area contributed by atoms with Crippen LogP contribution < -0.4 is 5.32 Å². The van der Waals surface area contributed by atoms with E-state index in [-0.39, 0.29) is 6.04 Å². The summed E-state index contributed by atoms with van der Waals surface area (Å²) in [6.07, 6.45) is 13.4. The van der Waals surface area contributed by atoms with Gasteiger partial charge in [0, 0.05) is 23.9 Å². The van der Waals surface area contributed by atoms with Crippen molar-refractivity contribution in [1.82, 2.24) is 5.32 Å². The van der Waals surface area contributed by atoms with Crippen molar-refractivity contribution < 1.29 is 0 Å². The van der Waals surface area contributed by atoms with Crippen molar-refractivity contribution in [2.24, 2.45) is 10.9 Å². The molecule has 1 unspecified atom stereocenters. The average Bonchev–Trinajstić information content (AvgIpc) is 2.71. The Kier molecular flexibility index (Phi) is 15.5. The number of aliphatic imine (C=N–C) groups is 1. The number of nitrogens with zero attached hydrogens (tertiary/aromatic N) is 1. The van der Waals surface area contributed by atoms with Gasteiger partial charge in [0.1, 0.15) is 0 Å². The molecular weight excluding hydrogens is 400 g/mol. The van der Waals surface area contributed by atoms with Gasteiger partial charge in [-0.1, -0.05) is 81.6 Å². The van der Waals surface area contributed by atoms with Crippen LogP contribution in [0.25, 0.3) is 0 Å². The minimum atomic E-state index is 0.159. The van der Waals surface area contributed by atoms with E-state index < -0.39 is 0 Å². The maximum Gasteiger partial charge on any atom is 0.0666 e. The Hall–Kier alpha value is -2.09. The first kappa shape index (κ1) is 30.9. The smallest absolute Gasteiger partial charge is 0.0666 e. The fraction of sp³-hybridized carbons (Fsp3) is 0.581. The molecule has 0 aliphatic heterocycles. The van der Waals surface area contributed by atoms with E-state index in [4.69, 9.17) is 4.99 Å². The van der Waals surface area contributed by atoms with Gasteiger partial charge in [0.25, 0.3) is 0 Å². The van der Waals surface area contributed by atoms with Crippen molar-refractivity contribution in [3.8, 4) is 0 Å². The predicted molar refractivity (Wildman–Crippen MR) is 152 cm³/mol. The molecule has 0 saturated carbocycles. The van der Waals surface area contributed by atoms with Gasteiger partial charge in [-0.2, -0.15) is 0 Å². The van der Waals surface area contributed by atoms with Gasteiger partial charge < -0.3 is 5.32 Å². The minimum Gasteiger partial charge on any atom is -0.378 e. The van der Waals surface area contributed by atoms with Crippen LogP contribution in [0.4, 0.5) is 0 Å². The number of nitrogens with one attached hydrogen (secondary N) is 1. The lowest BCUT2D eigenvalue weighted by Gasteiger charge is -2.24. The Balaban J connectivity index is 6.96. The summed E-state index contributed by atoms with van der Waals surface area (Å²) in [5.41, 5.74) is 9.94. The lowest BCUT2D eigenvalue weighted by Crippen LogP contribution is -2.30. The topological polar surface area (TPSA) is 24.4 Å². The van der Waals surface area contributed by atoms with Crippen LogP contribution in [0.15, 0.2) is 75.0 Å². The third kappa shape index (κ3) is 11.1. The highest BCUT2D eigenvalue weighted by Gasteiger charge is 2.17. The molecule has 0 bridgehead atoms. The molecule has 0 heterocycles. The lowest BCUT2D eigenvalue weighted by molar-refractivity contribution is 0.693. The van der Waals surface area contributed by atoms with Gasteiger partial charge in [-0.05, 0) is 85.0 Å². The van der Waals surface area contributed by atoms with E-state index in [0.29, 0.717) is 5.92 Å². The standard InChI is InChI=1S/C31H52N2/c1-13-17-24(9)20-30(32-16-4)28(21-26(11)22(5)6)29(19-15-3)33-27(12)31(23(7)8)25(10)18-14-2/h15,19-22,27,33H,7,13-14,16-18H2,1-6,8-12H3/b19-15-,24-20-,26-21+,29-28-,31-25+,32-30-. The maximum atomic E-state index is 4.95. The zero-order valence-electron chi connectivity index (χ0n) is 23.7. The van der Waals surface area contributed by atoms with E-state index >= 15 is 0 Å². The highest BCUT2D eigenvalue weighted by Crippen LogP contribution is 2.24. The third-order valence-corrected chi connectivity index (χ3v) is 5.89. The molecule has 0 fully saturated rings. The van der Waals surface area contributed by atoms with E-state index in [2.05, 4.69) is 112 Å². The molecule has 0 aliphatic carbocycles. The van der Waals surface area contributed by atoms with Crippen molar-refractivity contribution in [2.45, 2.75) is 108 Å². The lowest BCUT2D eigenvalue weighted by atomic mass is 9.93. The Morgan fingerprint density at radius 3 is 2.00 bits per heavy atom. The van der Waals surface area contributed by atoms with Gasteiger partial charge in [0.05, 0.1) is 5.71 Å². The normalized spacial score (nSPS) is 16.2. The van der Waals surface area contributed by atoms with Crippen molar-refractivity contribution in [3.63, 3.8) is 0 Å². The molecule has 0 aromatic heterocycles. The molecule has 186 valence electrons. The monoisotopic (exact) mass is 452 g/mol. The van der Waals surface area contributed by atoms with Crippen molar-refractivity contribution >= 4 is 5.71 Å². The summed E-state index contributed by atoms with van der Waals surface area (Å²) < 4.78 is 0. The SMILES string of the molecule is C=C(C)/C(=C(/C)CCC)C(C)NC(/C=C\C)=C(/C=C(\C)C(C)C)C(\C=C(\C)CCC)=N/CC. The molecule has 0 rings (SSSR count). The van der Waals surface area contributed by atoms with Crippen molar-refractivity contribution in [2.75, 3.05) is 6.54 Å². The van der Waals surface area contributed by atoms with Crippen LogP contribution in [0.3, 0.4) is 0 Å². The van der Waals surface area contributed by atoms with E-state index in [1.807, 2.05) is 0 Å². The van der Waals surface area contributed by atoms with E-state index in [1.54, 1.807) is 0 Å². The molecule has 1 atom stereocenters. The molecule has 0 aliphatic rings. The summed E-state index contributed by atoms with van der Waals surface area (Å²) >= 11 is 0. The zero-order chi connectivity index (χ0) is 25.6. The van der Waals surface area contributed by atoms with Crippen LogP contribution in [-0.4, -0.2) is 18.3 Å². The zero-order valence-corrected chi connectivity index (χ0v) is 23.7. The summed E-state index contributed by atoms with van der Waals surface area (Å²) in [7, 11) is 0. The van der Waals surface area contributed by atoms with Gasteiger partial charge >= 0.3 is 0 Å². The second kappa shape index (κ2) is 16.5. The van der Waals surface area contributed by atoms with E-state index in [1.165, 1.54) is 22.3 Å². The van der Waals surface area contributed by atoms with Crippen LogP contribution in [0.5, 0.6) is 0 Å². The van der Waals surface area contributed by atoms with E-state index in [0.717, 1.165) is 54.8 Å². The molecular formula is C31H52N2. The molecule has 0 aromatic carbocycles. The number of hydrogen-bond donors (Lipinski definition) is 1. The second-order valence-corrected chi connectivity index (χ2v) is 9.56. The third-order valence-electron chi connectivity index (χ3n) is 5.89. The van der Waals surface area contributed by atoms with Gasteiger partial charge in [-0.3, -0.25) is 4.99 Å². The Morgan fingerprint density at radius 1 is 0.939 bits per heavy atom. The largest absolute Gasteiger partial charge is 0.378 e. The number of rotatable bonds is 14. The quantitative estimate of drug-likeness (QED) is 0.206. The summed E-state index contributed by atoms with van der Waals surface area (Å²) in [5, 5.41) is 3.85. The predicted octanol–water partition coefficient (Wildman–Crippen LogP) is 9.30. The van der Waals surface area contributed by atoms with Crippen LogP contribution in [0.1, 0.15) is 102 Å². The molecule has 1 N–H and O–H groups in total. The number of hydrogen-bond acceptors (Lipinski definition) is 2. The van der Waals surface area contributed by atoms with Crippen LogP contribution >= 0.6 is 0 Å². The summed E-state index contributed by atoms with van der Waals surface area (Å²) in [6, 6.07) is 0.159. The second-order valence-electron chi connectivity index (χ2n) is 9.56. The molecule has 0 saturated heterocycles. The van der Waals surface area contributed by atoms with Gasteiger partial charge in [-0.25, -0.2) is 0 Å². The maximum absolute atomic E-state index is 4.95. The van der Waals surface area contributed by atoms with Gasteiger partial charge in [0.15, 0.2) is 0 Å². The molecule has 33 heavy (non-hydrogen) atoms. The van der Waals surface area contributed by atoms with Crippen LogP contribution in [0, 0.1) is 5.92 Å². The molecule has 0 amide bonds. The summed E-state index contributed by atoms with van der Waals surface area (Å²) in [5.74, 6) is 0.477. The highest BCUT2D eigenvalue weighted by molar-refractivity contribution is 6.11. The molecule has 0 spiro atoms. The minimum absolute atomic E-state index is 0.159. The van der Waals surface area contributed by atoms with Gasteiger partial charge in [0.2, 0.25) is 0 Å². The number of allylic oxidation sites excluding steroid dienone is 8. The summed E-state index contributed by atoms with van der Waals surface area (Å²) in [6.45, 7) is 29.3. The Bertz CT molecular complexity index is 810. The van der Waals surface area contributed by atoms with Crippen molar-refractivity contribution in [3.05, 3.63) is 70.0 Å². The highest BCUT2D eigenvalue weighted by atomic mass is 14.9. The first-order chi connectivity index (χ1) is 15.5. The van der Waals surface area contributed by atoms with Crippen LogP contribution in [0.2, 0.25) is 0 Å². The first-order valence-corrected chi connectivity index (χ1v) is 12.9. The Labute approximate surface area is 206 Å². The van der Waals surface area contributed by atoms with Gasteiger partial charge in [-0.15, -0.1) is 0 Å². The van der Waals surface area contributed by atoms with Crippen LogP contribution in [-0.2, 0) is 0 Å². The molecule has 2 heteroatoms. The fourth-order valence-electron chi connectivity index (χ4n) is 4.06. The fourth-order valence-corrected chi connectivity index (χ4v) is 4.06. The van der Waals surface area contributed by atoms with E-state index in [9.17, 15) is 0 Å². The molecule has 0 radical (unpaired) electrons. The molecule has 2 nitrogen and oxygen atoms in total. The first-order valence-electron chi connectivity index (χ1n) is 12.9.